The van der Waals surface area contributed by atoms with Crippen LogP contribution in [-0.2, 0) is 16.1 Å². The summed E-state index contributed by atoms with van der Waals surface area (Å²) in [5, 5.41) is 12.0. The molecule has 172 valence electrons. The maximum Gasteiger partial charge on any atom is 0.258 e. The summed E-state index contributed by atoms with van der Waals surface area (Å²) in [6.45, 7) is 6.52. The minimum absolute atomic E-state index is 0.154. The van der Waals surface area contributed by atoms with Crippen LogP contribution >= 0.6 is 11.8 Å². The van der Waals surface area contributed by atoms with Gasteiger partial charge in [-0.25, -0.2) is 19.0 Å². The molecular formula is C21H27FN6O3S. The molecule has 9 nitrogen and oxygen atoms in total. The number of aromatic nitrogens is 4. The lowest BCUT2D eigenvalue weighted by molar-refractivity contribution is -0.123. The van der Waals surface area contributed by atoms with Crippen molar-refractivity contribution in [3.63, 3.8) is 0 Å². The summed E-state index contributed by atoms with van der Waals surface area (Å²) in [5.41, 5.74) is 0.701. The van der Waals surface area contributed by atoms with E-state index in [1.165, 1.54) is 24.3 Å². The first kappa shape index (κ1) is 23.7. The zero-order chi connectivity index (χ0) is 22.8. The second-order valence-corrected chi connectivity index (χ2v) is 7.84. The van der Waals surface area contributed by atoms with Gasteiger partial charge in [0, 0.05) is 19.7 Å². The summed E-state index contributed by atoms with van der Waals surface area (Å²) in [5.74, 6) is 1.36. The Kier molecular flexibility index (Phi) is 9.05. The summed E-state index contributed by atoms with van der Waals surface area (Å²) >= 11 is 1.55. The highest BCUT2D eigenvalue weighted by Gasteiger charge is 2.13. The molecule has 0 bridgehead atoms. The predicted octanol–water partition coefficient (Wildman–Crippen LogP) is 2.72. The Morgan fingerprint density at radius 1 is 1.19 bits per heavy atom. The van der Waals surface area contributed by atoms with Crippen LogP contribution in [-0.4, -0.2) is 64.3 Å². The first-order chi connectivity index (χ1) is 15.6. The van der Waals surface area contributed by atoms with Crippen LogP contribution in [0.25, 0.3) is 11.0 Å². The number of fused-ring (bicyclic) bond motifs is 1. The molecule has 32 heavy (non-hydrogen) atoms. The van der Waals surface area contributed by atoms with Gasteiger partial charge >= 0.3 is 0 Å². The number of benzene rings is 1. The van der Waals surface area contributed by atoms with Crippen LogP contribution in [0.2, 0.25) is 0 Å². The molecule has 2 N–H and O–H groups in total. The molecule has 2 heterocycles. The molecule has 0 saturated carbocycles. The van der Waals surface area contributed by atoms with Gasteiger partial charge in [0.05, 0.1) is 24.7 Å². The standard InChI is InChI=1S/C21H27FN6O3S/c1-3-30-12-10-24-19-17-13-25-28(20(17)27-21(26-19)32-4-2)11-9-23-18(29)14-31-16-7-5-15(22)6-8-16/h5-8,13H,3-4,9-12,14H2,1-2H3,(H,23,29)(H,24,26,27). The molecule has 0 fully saturated rings. The Hall–Kier alpha value is -2.92. The zero-order valence-electron chi connectivity index (χ0n) is 18.1. The van der Waals surface area contributed by atoms with Crippen molar-refractivity contribution in [1.29, 1.82) is 0 Å². The van der Waals surface area contributed by atoms with Crippen molar-refractivity contribution >= 4 is 34.5 Å². The normalized spacial score (nSPS) is 11.0. The number of rotatable bonds is 13. The average Bonchev–Trinajstić information content (AvgIpc) is 3.19. The van der Waals surface area contributed by atoms with E-state index in [4.69, 9.17) is 9.47 Å². The van der Waals surface area contributed by atoms with E-state index in [-0.39, 0.29) is 18.3 Å². The van der Waals surface area contributed by atoms with E-state index in [0.29, 0.717) is 55.2 Å². The van der Waals surface area contributed by atoms with Gasteiger partial charge in [-0.15, -0.1) is 0 Å². The van der Waals surface area contributed by atoms with Crippen LogP contribution in [0.3, 0.4) is 0 Å². The van der Waals surface area contributed by atoms with Crippen molar-refractivity contribution in [2.24, 2.45) is 0 Å². The molecule has 0 atom stereocenters. The van der Waals surface area contributed by atoms with E-state index >= 15 is 0 Å². The van der Waals surface area contributed by atoms with Gasteiger partial charge in [0.2, 0.25) is 0 Å². The minimum atomic E-state index is -0.356. The highest BCUT2D eigenvalue weighted by atomic mass is 32.2. The predicted molar refractivity (Wildman–Crippen MR) is 122 cm³/mol. The number of hydrogen-bond acceptors (Lipinski definition) is 8. The molecule has 11 heteroatoms. The maximum absolute atomic E-state index is 12.9. The van der Waals surface area contributed by atoms with E-state index in [1.54, 1.807) is 22.6 Å². The van der Waals surface area contributed by atoms with Gasteiger partial charge < -0.3 is 20.1 Å². The molecule has 3 rings (SSSR count). The number of ether oxygens (including phenoxy) is 2. The molecule has 0 aliphatic carbocycles. The van der Waals surface area contributed by atoms with Crippen molar-refractivity contribution in [2.75, 3.05) is 44.0 Å². The molecule has 0 radical (unpaired) electrons. The van der Waals surface area contributed by atoms with Crippen molar-refractivity contribution < 1.29 is 18.7 Å². The fourth-order valence-corrected chi connectivity index (χ4v) is 3.41. The van der Waals surface area contributed by atoms with Gasteiger partial charge in [0.25, 0.3) is 5.91 Å². The van der Waals surface area contributed by atoms with Crippen LogP contribution in [0.4, 0.5) is 10.2 Å². The SMILES string of the molecule is CCOCCNc1nc(SCC)nc2c1cnn2CCNC(=O)COc1ccc(F)cc1. The summed E-state index contributed by atoms with van der Waals surface area (Å²) in [6, 6.07) is 5.51. The highest BCUT2D eigenvalue weighted by molar-refractivity contribution is 7.99. The van der Waals surface area contributed by atoms with Crippen LogP contribution in [0.15, 0.2) is 35.6 Å². The lowest BCUT2D eigenvalue weighted by atomic mass is 10.3. The number of carbonyl (C=O) groups is 1. The van der Waals surface area contributed by atoms with Crippen molar-refractivity contribution in [1.82, 2.24) is 25.1 Å². The van der Waals surface area contributed by atoms with Crippen LogP contribution in [0.1, 0.15) is 13.8 Å². The van der Waals surface area contributed by atoms with Crippen LogP contribution in [0.5, 0.6) is 5.75 Å². The molecule has 0 unspecified atom stereocenters. The molecule has 1 aromatic carbocycles. The topological polar surface area (TPSA) is 103 Å². The number of amides is 1. The third kappa shape index (κ3) is 6.79. The van der Waals surface area contributed by atoms with Crippen LogP contribution < -0.4 is 15.4 Å². The fraction of sp³-hybridized carbons (Fsp3) is 0.429. The van der Waals surface area contributed by atoms with Crippen LogP contribution in [0, 0.1) is 5.82 Å². The molecule has 0 saturated heterocycles. The Balaban J connectivity index is 1.58. The second-order valence-electron chi connectivity index (χ2n) is 6.61. The molecule has 1 amide bonds. The van der Waals surface area contributed by atoms with Gasteiger partial charge in [-0.2, -0.15) is 5.10 Å². The van der Waals surface area contributed by atoms with Crippen molar-refractivity contribution in [2.45, 2.75) is 25.5 Å². The average molecular weight is 463 g/mol. The molecule has 0 spiro atoms. The number of nitrogens with one attached hydrogen (secondary N) is 2. The number of carbonyl (C=O) groups excluding carboxylic acids is 1. The maximum atomic E-state index is 12.9. The van der Waals surface area contributed by atoms with E-state index in [1.807, 2.05) is 13.8 Å². The number of hydrogen-bond donors (Lipinski definition) is 2. The third-order valence-electron chi connectivity index (χ3n) is 4.32. The number of thioether (sulfide) groups is 1. The Labute approximate surface area is 190 Å². The lowest BCUT2D eigenvalue weighted by Gasteiger charge is -2.10. The zero-order valence-corrected chi connectivity index (χ0v) is 19.0. The second kappa shape index (κ2) is 12.2. The first-order valence-corrected chi connectivity index (χ1v) is 11.4. The number of halogens is 1. The van der Waals surface area contributed by atoms with Gasteiger partial charge in [0.1, 0.15) is 17.4 Å². The fourth-order valence-electron chi connectivity index (χ4n) is 2.85. The van der Waals surface area contributed by atoms with E-state index in [9.17, 15) is 9.18 Å². The molecule has 2 aromatic heterocycles. The Morgan fingerprint density at radius 3 is 2.75 bits per heavy atom. The molecule has 0 aliphatic heterocycles. The summed E-state index contributed by atoms with van der Waals surface area (Å²) in [4.78, 5) is 21.3. The highest BCUT2D eigenvalue weighted by Crippen LogP contribution is 2.24. The number of nitrogens with zero attached hydrogens (tertiary/aromatic N) is 4. The van der Waals surface area contributed by atoms with E-state index in [0.717, 1.165) is 11.1 Å². The largest absolute Gasteiger partial charge is 0.484 e. The monoisotopic (exact) mass is 462 g/mol. The van der Waals surface area contributed by atoms with Crippen molar-refractivity contribution in [3.05, 3.63) is 36.3 Å². The molecule has 3 aromatic rings. The smallest absolute Gasteiger partial charge is 0.258 e. The number of anilines is 1. The summed E-state index contributed by atoms with van der Waals surface area (Å²) in [7, 11) is 0. The van der Waals surface area contributed by atoms with Gasteiger partial charge in [0.15, 0.2) is 17.4 Å². The summed E-state index contributed by atoms with van der Waals surface area (Å²) < 4.78 is 25.4. The molecular weight excluding hydrogens is 435 g/mol. The first-order valence-electron chi connectivity index (χ1n) is 10.4. The van der Waals surface area contributed by atoms with E-state index in [2.05, 4.69) is 25.7 Å². The van der Waals surface area contributed by atoms with Gasteiger partial charge in [-0.1, -0.05) is 18.7 Å². The summed E-state index contributed by atoms with van der Waals surface area (Å²) in [6.07, 6.45) is 1.72. The lowest BCUT2D eigenvalue weighted by Crippen LogP contribution is -2.31. The minimum Gasteiger partial charge on any atom is -0.484 e. The molecule has 0 aliphatic rings. The van der Waals surface area contributed by atoms with E-state index < -0.39 is 0 Å². The Bertz CT molecular complexity index is 1010. The van der Waals surface area contributed by atoms with Gasteiger partial charge in [-0.3, -0.25) is 4.79 Å². The van der Waals surface area contributed by atoms with Gasteiger partial charge in [-0.05, 0) is 36.9 Å². The van der Waals surface area contributed by atoms with Crippen molar-refractivity contribution in [3.8, 4) is 5.75 Å². The Morgan fingerprint density at radius 2 is 2.00 bits per heavy atom. The quantitative estimate of drug-likeness (QED) is 0.227. The third-order valence-corrected chi connectivity index (χ3v) is 5.05.